The van der Waals surface area contributed by atoms with E-state index >= 15 is 0 Å². The average Bonchev–Trinajstić information content (AvgIpc) is 3.19. The monoisotopic (exact) mass is 299 g/mol. The Labute approximate surface area is 128 Å². The first-order valence-corrected chi connectivity index (χ1v) is 7.04. The molecule has 0 N–H and O–H groups in total. The van der Waals surface area contributed by atoms with Crippen LogP contribution in [0, 0.1) is 0 Å². The highest BCUT2D eigenvalue weighted by molar-refractivity contribution is 5.44. The summed E-state index contributed by atoms with van der Waals surface area (Å²) in [6.45, 7) is 2.69. The second-order valence-electron chi connectivity index (χ2n) is 5.15. The van der Waals surface area contributed by atoms with Crippen LogP contribution in [0.4, 0.5) is 0 Å². The van der Waals surface area contributed by atoms with Crippen molar-refractivity contribution in [3.05, 3.63) is 48.6 Å². The van der Waals surface area contributed by atoms with Crippen molar-refractivity contribution >= 4 is 0 Å². The van der Waals surface area contributed by atoms with Crippen LogP contribution in [-0.4, -0.2) is 38.1 Å². The van der Waals surface area contributed by atoms with Gasteiger partial charge in [-0.05, 0) is 26.1 Å². The minimum atomic E-state index is 0.274. The molecule has 22 heavy (non-hydrogen) atoms. The van der Waals surface area contributed by atoms with Gasteiger partial charge in [-0.2, -0.15) is 4.98 Å². The van der Waals surface area contributed by atoms with Crippen molar-refractivity contribution in [2.45, 2.75) is 25.9 Å². The van der Waals surface area contributed by atoms with Gasteiger partial charge in [0.2, 0.25) is 11.7 Å². The Bertz CT molecular complexity index is 696. The molecule has 1 unspecified atom stereocenters. The van der Waals surface area contributed by atoms with Gasteiger partial charge in [0.1, 0.15) is 0 Å². The first-order chi connectivity index (χ1) is 10.7. The van der Waals surface area contributed by atoms with Gasteiger partial charge in [-0.25, -0.2) is 0 Å². The van der Waals surface area contributed by atoms with Crippen molar-refractivity contribution in [3.8, 4) is 11.6 Å². The summed E-state index contributed by atoms with van der Waals surface area (Å²) in [7, 11) is 2.01. The Hall–Kier alpha value is -2.54. The van der Waals surface area contributed by atoms with E-state index in [9.17, 15) is 0 Å². The normalized spacial score (nSPS) is 12.7. The van der Waals surface area contributed by atoms with Crippen LogP contribution in [0.5, 0.6) is 0 Å². The lowest BCUT2D eigenvalue weighted by Crippen LogP contribution is -2.30. The standard InChI is InChI=1S/C15H17N5O2/c1-11(8-12-9-16-5-6-17-12)20(2)10-14-18-15(19-22-14)13-4-3-7-21-13/h3-7,9,11H,8,10H2,1-2H3. The van der Waals surface area contributed by atoms with Crippen LogP contribution in [0.3, 0.4) is 0 Å². The van der Waals surface area contributed by atoms with Crippen molar-refractivity contribution in [2.24, 2.45) is 0 Å². The van der Waals surface area contributed by atoms with E-state index in [4.69, 9.17) is 8.94 Å². The van der Waals surface area contributed by atoms with Gasteiger partial charge >= 0.3 is 0 Å². The number of nitrogens with zero attached hydrogens (tertiary/aromatic N) is 5. The molecule has 0 aliphatic rings. The minimum Gasteiger partial charge on any atom is -0.461 e. The Balaban J connectivity index is 1.60. The van der Waals surface area contributed by atoms with Crippen LogP contribution in [0.25, 0.3) is 11.6 Å². The quantitative estimate of drug-likeness (QED) is 0.690. The summed E-state index contributed by atoms with van der Waals surface area (Å²) in [5, 5.41) is 3.93. The molecule has 0 fully saturated rings. The summed E-state index contributed by atoms with van der Waals surface area (Å²) in [5.41, 5.74) is 0.962. The molecule has 7 nitrogen and oxygen atoms in total. The summed E-state index contributed by atoms with van der Waals surface area (Å²) in [5.74, 6) is 1.63. The maximum absolute atomic E-state index is 5.27. The number of rotatable bonds is 6. The molecular weight excluding hydrogens is 282 g/mol. The summed E-state index contributed by atoms with van der Waals surface area (Å²) >= 11 is 0. The summed E-state index contributed by atoms with van der Waals surface area (Å²) < 4.78 is 10.5. The van der Waals surface area contributed by atoms with Crippen molar-refractivity contribution in [1.82, 2.24) is 25.0 Å². The van der Waals surface area contributed by atoms with Crippen LogP contribution in [-0.2, 0) is 13.0 Å². The van der Waals surface area contributed by atoms with Gasteiger partial charge < -0.3 is 8.94 Å². The largest absolute Gasteiger partial charge is 0.461 e. The lowest BCUT2D eigenvalue weighted by atomic mass is 10.1. The molecule has 0 saturated heterocycles. The van der Waals surface area contributed by atoms with E-state index < -0.39 is 0 Å². The molecule has 1 atom stereocenters. The van der Waals surface area contributed by atoms with Gasteiger partial charge in [-0.15, -0.1) is 0 Å². The van der Waals surface area contributed by atoms with E-state index in [1.165, 1.54) is 0 Å². The third-order valence-electron chi connectivity index (χ3n) is 3.47. The maximum atomic E-state index is 5.27. The fourth-order valence-electron chi connectivity index (χ4n) is 2.09. The van der Waals surface area contributed by atoms with Gasteiger partial charge in [0.05, 0.1) is 18.5 Å². The molecular formula is C15H17N5O2. The third-order valence-corrected chi connectivity index (χ3v) is 3.47. The first kappa shape index (κ1) is 14.4. The molecule has 0 aromatic carbocycles. The molecule has 0 saturated carbocycles. The summed E-state index contributed by atoms with van der Waals surface area (Å²) in [4.78, 5) is 14.8. The fourth-order valence-corrected chi connectivity index (χ4v) is 2.09. The van der Waals surface area contributed by atoms with Crippen molar-refractivity contribution < 1.29 is 8.94 Å². The highest BCUT2D eigenvalue weighted by Crippen LogP contribution is 2.17. The SMILES string of the molecule is CC(Cc1cnccn1)N(C)Cc1nc(-c2ccco2)no1. The Morgan fingerprint density at radius 1 is 1.32 bits per heavy atom. The number of furan rings is 1. The van der Waals surface area contributed by atoms with E-state index in [1.54, 1.807) is 37.0 Å². The zero-order chi connectivity index (χ0) is 15.4. The lowest BCUT2D eigenvalue weighted by molar-refractivity contribution is 0.212. The number of aromatic nitrogens is 4. The van der Waals surface area contributed by atoms with Crippen LogP contribution >= 0.6 is 0 Å². The molecule has 0 radical (unpaired) electrons. The van der Waals surface area contributed by atoms with Gasteiger partial charge in [-0.3, -0.25) is 14.9 Å². The first-order valence-electron chi connectivity index (χ1n) is 7.04. The molecule has 3 aromatic heterocycles. The molecule has 3 heterocycles. The Morgan fingerprint density at radius 3 is 2.95 bits per heavy atom. The van der Waals surface area contributed by atoms with Gasteiger partial charge in [0.15, 0.2) is 5.76 Å². The number of hydrogen-bond acceptors (Lipinski definition) is 7. The van der Waals surface area contributed by atoms with Gasteiger partial charge in [0, 0.05) is 31.1 Å². The van der Waals surface area contributed by atoms with Crippen molar-refractivity contribution in [1.29, 1.82) is 0 Å². The second kappa shape index (κ2) is 6.48. The van der Waals surface area contributed by atoms with Crippen molar-refractivity contribution in [3.63, 3.8) is 0 Å². The zero-order valence-electron chi connectivity index (χ0n) is 12.5. The number of likely N-dealkylation sites (N-methyl/N-ethyl adjacent to an activating group) is 1. The molecule has 3 rings (SSSR count). The topological polar surface area (TPSA) is 81.1 Å². The van der Waals surface area contributed by atoms with E-state index in [-0.39, 0.29) is 6.04 Å². The lowest BCUT2D eigenvalue weighted by Gasteiger charge is -2.22. The van der Waals surface area contributed by atoms with Crippen LogP contribution in [0.2, 0.25) is 0 Å². The Morgan fingerprint density at radius 2 is 2.23 bits per heavy atom. The molecule has 114 valence electrons. The van der Waals surface area contributed by atoms with Crippen LogP contribution in [0.1, 0.15) is 18.5 Å². The Kier molecular flexibility index (Phi) is 4.24. The highest BCUT2D eigenvalue weighted by atomic mass is 16.5. The predicted molar refractivity (Wildman–Crippen MR) is 78.7 cm³/mol. The second-order valence-corrected chi connectivity index (χ2v) is 5.15. The third kappa shape index (κ3) is 3.37. The van der Waals surface area contributed by atoms with Crippen molar-refractivity contribution in [2.75, 3.05) is 7.05 Å². The van der Waals surface area contributed by atoms with E-state index in [2.05, 4.69) is 31.9 Å². The molecule has 7 heteroatoms. The summed E-state index contributed by atoms with van der Waals surface area (Å²) in [6, 6.07) is 3.87. The maximum Gasteiger partial charge on any atom is 0.241 e. The predicted octanol–water partition coefficient (Wildman–Crippen LogP) is 2.18. The average molecular weight is 299 g/mol. The molecule has 0 amide bonds. The van der Waals surface area contributed by atoms with Gasteiger partial charge in [0.25, 0.3) is 0 Å². The number of hydrogen-bond donors (Lipinski definition) is 0. The minimum absolute atomic E-state index is 0.274. The fraction of sp³-hybridized carbons (Fsp3) is 0.333. The van der Waals surface area contributed by atoms with Crippen LogP contribution < -0.4 is 0 Å². The molecule has 0 spiro atoms. The molecule has 0 bridgehead atoms. The highest BCUT2D eigenvalue weighted by Gasteiger charge is 2.16. The van der Waals surface area contributed by atoms with Gasteiger partial charge in [-0.1, -0.05) is 5.16 Å². The van der Waals surface area contributed by atoms with E-state index in [0.717, 1.165) is 12.1 Å². The smallest absolute Gasteiger partial charge is 0.241 e. The van der Waals surface area contributed by atoms with Crippen LogP contribution in [0.15, 0.2) is 45.9 Å². The molecule has 0 aliphatic heterocycles. The zero-order valence-corrected chi connectivity index (χ0v) is 12.5. The van der Waals surface area contributed by atoms with E-state index in [1.807, 2.05) is 7.05 Å². The molecule has 0 aliphatic carbocycles. The summed E-state index contributed by atoms with van der Waals surface area (Å²) in [6.07, 6.45) is 7.55. The molecule has 3 aromatic rings. The van der Waals surface area contributed by atoms with E-state index in [0.29, 0.717) is 24.0 Å².